The Morgan fingerprint density at radius 1 is 1.40 bits per heavy atom. The molecule has 30 heavy (non-hydrogen) atoms. The van der Waals surface area contributed by atoms with Gasteiger partial charge in [-0.2, -0.15) is 0 Å². The minimum atomic E-state index is -0.320. The highest BCUT2D eigenvalue weighted by atomic mass is 79.9. The first-order valence-electron chi connectivity index (χ1n) is 11.2. The third-order valence-electron chi connectivity index (χ3n) is 6.63. The lowest BCUT2D eigenvalue weighted by Gasteiger charge is -2.52. The molecular formula is C24H36BrNO4. The molecule has 1 aromatic carbocycles. The molecule has 6 heteroatoms. The number of carbonyl (C=O) groups excluding carboxylic acids is 1. The van der Waals surface area contributed by atoms with Gasteiger partial charge in [0.15, 0.2) is 0 Å². The van der Waals surface area contributed by atoms with Crippen molar-refractivity contribution < 1.29 is 19.4 Å². The SMILES string of the molecule is CC(C)C(=O)N[C@@]1(C)C[C@@H](c2cc(Br)ccc2OCCCO)O[C@H]2C[C@@H](C)CC[C@@H]21. The molecule has 3 rings (SSSR count). The van der Waals surface area contributed by atoms with Gasteiger partial charge in [-0.3, -0.25) is 4.79 Å². The number of benzene rings is 1. The molecule has 2 aliphatic rings. The highest BCUT2D eigenvalue weighted by Gasteiger charge is 2.50. The minimum Gasteiger partial charge on any atom is -0.493 e. The van der Waals surface area contributed by atoms with E-state index in [0.29, 0.717) is 31.3 Å². The Morgan fingerprint density at radius 2 is 2.17 bits per heavy atom. The van der Waals surface area contributed by atoms with Gasteiger partial charge in [0.1, 0.15) is 5.75 Å². The molecule has 1 saturated heterocycles. The van der Waals surface area contributed by atoms with Gasteiger partial charge in [-0.1, -0.05) is 43.1 Å². The van der Waals surface area contributed by atoms with Crippen LogP contribution in [0.25, 0.3) is 0 Å². The molecular weight excluding hydrogens is 446 g/mol. The Morgan fingerprint density at radius 3 is 2.87 bits per heavy atom. The van der Waals surface area contributed by atoms with Gasteiger partial charge in [-0.25, -0.2) is 0 Å². The van der Waals surface area contributed by atoms with E-state index in [1.165, 1.54) is 6.42 Å². The third-order valence-corrected chi connectivity index (χ3v) is 7.13. The van der Waals surface area contributed by atoms with Gasteiger partial charge in [0.05, 0.1) is 18.8 Å². The Bertz CT molecular complexity index is 740. The van der Waals surface area contributed by atoms with E-state index in [9.17, 15) is 4.79 Å². The van der Waals surface area contributed by atoms with Crippen LogP contribution in [-0.2, 0) is 9.53 Å². The standard InChI is InChI=1S/C24H36BrNO4/c1-15(2)23(28)26-24(4)14-22(30-21-12-16(3)6-8-19(21)24)18-13-17(25)7-9-20(18)29-11-5-10-27/h7,9,13,15-16,19,21-22,27H,5-6,8,10-12,14H2,1-4H3,(H,26,28)/t16-,19-,21-,22-,24-/m0/s1. The molecule has 0 radical (unpaired) electrons. The molecule has 0 unspecified atom stereocenters. The van der Waals surface area contributed by atoms with Crippen LogP contribution in [0.1, 0.15) is 71.5 Å². The number of carbonyl (C=O) groups is 1. The van der Waals surface area contributed by atoms with Crippen LogP contribution in [0.2, 0.25) is 0 Å². The molecule has 1 heterocycles. The van der Waals surface area contributed by atoms with E-state index >= 15 is 0 Å². The van der Waals surface area contributed by atoms with Gasteiger partial charge in [0, 0.05) is 46.9 Å². The van der Waals surface area contributed by atoms with Crippen LogP contribution in [0.15, 0.2) is 22.7 Å². The van der Waals surface area contributed by atoms with E-state index in [1.54, 1.807) is 0 Å². The van der Waals surface area contributed by atoms with Gasteiger partial charge >= 0.3 is 0 Å². The Kier molecular flexibility index (Phi) is 7.86. The van der Waals surface area contributed by atoms with E-state index < -0.39 is 0 Å². The largest absolute Gasteiger partial charge is 0.493 e. The van der Waals surface area contributed by atoms with Crippen LogP contribution in [0.3, 0.4) is 0 Å². The number of hydrogen-bond acceptors (Lipinski definition) is 4. The Labute approximate surface area is 189 Å². The van der Waals surface area contributed by atoms with Crippen LogP contribution in [0, 0.1) is 17.8 Å². The molecule has 0 spiro atoms. The zero-order valence-corrected chi connectivity index (χ0v) is 20.2. The number of nitrogens with one attached hydrogen (secondary N) is 1. The second-order valence-electron chi connectivity index (χ2n) is 9.56. The summed E-state index contributed by atoms with van der Waals surface area (Å²) in [7, 11) is 0. The molecule has 1 aromatic rings. The maximum Gasteiger partial charge on any atom is 0.222 e. The zero-order chi connectivity index (χ0) is 21.9. The molecule has 168 valence electrons. The number of ether oxygens (including phenoxy) is 2. The summed E-state index contributed by atoms with van der Waals surface area (Å²) in [4.78, 5) is 12.7. The van der Waals surface area contributed by atoms with Crippen molar-refractivity contribution in [1.29, 1.82) is 0 Å². The number of fused-ring (bicyclic) bond motifs is 1. The average Bonchev–Trinajstić information content (AvgIpc) is 2.68. The lowest BCUT2D eigenvalue weighted by molar-refractivity contribution is -0.155. The summed E-state index contributed by atoms with van der Waals surface area (Å²) >= 11 is 3.59. The predicted molar refractivity (Wildman–Crippen MR) is 121 cm³/mol. The van der Waals surface area contributed by atoms with Gasteiger partial charge in [-0.05, 0) is 43.9 Å². The van der Waals surface area contributed by atoms with Crippen molar-refractivity contribution in [1.82, 2.24) is 5.32 Å². The number of aliphatic hydroxyl groups excluding tert-OH is 1. The molecule has 5 nitrogen and oxygen atoms in total. The van der Waals surface area contributed by atoms with Crippen LogP contribution in [-0.4, -0.2) is 35.9 Å². The fourth-order valence-electron chi connectivity index (χ4n) is 4.91. The van der Waals surface area contributed by atoms with Crippen molar-refractivity contribution in [2.24, 2.45) is 17.8 Å². The van der Waals surface area contributed by atoms with E-state index in [2.05, 4.69) is 41.2 Å². The number of halogens is 1. The minimum absolute atomic E-state index is 0.0488. The zero-order valence-electron chi connectivity index (χ0n) is 18.6. The summed E-state index contributed by atoms with van der Waals surface area (Å²) < 4.78 is 13.6. The van der Waals surface area contributed by atoms with Crippen LogP contribution in [0.5, 0.6) is 5.75 Å². The molecule has 0 aromatic heterocycles. The highest BCUT2D eigenvalue weighted by Crippen LogP contribution is 2.49. The monoisotopic (exact) mass is 481 g/mol. The second kappa shape index (κ2) is 10.0. The van der Waals surface area contributed by atoms with Crippen molar-refractivity contribution in [2.45, 2.75) is 77.5 Å². The fraction of sp³-hybridized carbons (Fsp3) is 0.708. The van der Waals surface area contributed by atoms with Crippen molar-refractivity contribution in [2.75, 3.05) is 13.2 Å². The lowest BCUT2D eigenvalue weighted by Crippen LogP contribution is -2.61. The first-order chi connectivity index (χ1) is 14.2. The highest BCUT2D eigenvalue weighted by molar-refractivity contribution is 9.10. The van der Waals surface area contributed by atoms with Gasteiger partial charge in [0.25, 0.3) is 0 Å². The topological polar surface area (TPSA) is 67.8 Å². The molecule has 2 N–H and O–H groups in total. The first-order valence-corrected chi connectivity index (χ1v) is 12.0. The average molecular weight is 482 g/mol. The van der Waals surface area contributed by atoms with Crippen molar-refractivity contribution in [3.8, 4) is 5.75 Å². The first kappa shape index (κ1) is 23.6. The molecule has 0 bridgehead atoms. The summed E-state index contributed by atoms with van der Waals surface area (Å²) in [6, 6.07) is 5.99. The molecule has 1 aliphatic carbocycles. The van der Waals surface area contributed by atoms with Crippen molar-refractivity contribution >= 4 is 21.8 Å². The van der Waals surface area contributed by atoms with Crippen molar-refractivity contribution in [3.05, 3.63) is 28.2 Å². The number of amides is 1. The van der Waals surface area contributed by atoms with Gasteiger partial charge < -0.3 is 19.9 Å². The lowest BCUT2D eigenvalue weighted by atomic mass is 9.66. The Hall–Kier alpha value is -1.11. The maximum atomic E-state index is 12.7. The molecule has 1 aliphatic heterocycles. The number of hydrogen-bond donors (Lipinski definition) is 2. The molecule has 1 amide bonds. The summed E-state index contributed by atoms with van der Waals surface area (Å²) in [6.07, 6.45) is 4.54. The van der Waals surface area contributed by atoms with E-state index in [0.717, 1.165) is 28.6 Å². The van der Waals surface area contributed by atoms with Crippen LogP contribution >= 0.6 is 15.9 Å². The van der Waals surface area contributed by atoms with Crippen molar-refractivity contribution in [3.63, 3.8) is 0 Å². The predicted octanol–water partition coefficient (Wildman–Crippen LogP) is 5.01. The quantitative estimate of drug-likeness (QED) is 0.537. The summed E-state index contributed by atoms with van der Waals surface area (Å²) in [5.41, 5.74) is 0.684. The summed E-state index contributed by atoms with van der Waals surface area (Å²) in [5, 5.41) is 12.5. The molecule has 2 fully saturated rings. The molecule has 5 atom stereocenters. The smallest absolute Gasteiger partial charge is 0.222 e. The summed E-state index contributed by atoms with van der Waals surface area (Å²) in [5.74, 6) is 1.78. The second-order valence-corrected chi connectivity index (χ2v) is 10.5. The van der Waals surface area contributed by atoms with E-state index in [4.69, 9.17) is 14.6 Å². The van der Waals surface area contributed by atoms with Gasteiger partial charge in [0.2, 0.25) is 5.91 Å². The Balaban J connectivity index is 1.92. The van der Waals surface area contributed by atoms with E-state index in [1.807, 2.05) is 26.0 Å². The maximum absolute atomic E-state index is 12.7. The van der Waals surface area contributed by atoms with E-state index in [-0.39, 0.29) is 36.2 Å². The normalized spacial score (nSPS) is 31.3. The van der Waals surface area contributed by atoms with Crippen LogP contribution in [0.4, 0.5) is 0 Å². The number of aliphatic hydroxyl groups is 1. The van der Waals surface area contributed by atoms with Crippen LogP contribution < -0.4 is 10.1 Å². The third kappa shape index (κ3) is 5.38. The molecule has 1 saturated carbocycles. The fourth-order valence-corrected chi connectivity index (χ4v) is 5.28. The van der Waals surface area contributed by atoms with Gasteiger partial charge in [-0.15, -0.1) is 0 Å². The number of rotatable bonds is 7. The summed E-state index contributed by atoms with van der Waals surface area (Å²) in [6.45, 7) is 8.93.